The van der Waals surface area contributed by atoms with E-state index in [1.165, 1.54) is 0 Å². The average Bonchev–Trinajstić information content (AvgIpc) is 2.25. The Labute approximate surface area is 109 Å². The molecule has 100 valence electrons. The van der Waals surface area contributed by atoms with E-state index in [9.17, 15) is 4.79 Å². The molecule has 0 radical (unpaired) electrons. The van der Waals surface area contributed by atoms with Crippen LogP contribution in [0.4, 0.5) is 0 Å². The first-order chi connectivity index (χ1) is 8.02. The number of hydrogen-bond donors (Lipinski definition) is 1. The summed E-state index contributed by atoms with van der Waals surface area (Å²) in [6, 6.07) is 0. The van der Waals surface area contributed by atoms with Crippen molar-refractivity contribution in [2.45, 2.75) is 50.5 Å². The maximum Gasteiger partial charge on any atom is 0.222 e. The summed E-state index contributed by atoms with van der Waals surface area (Å²) in [6.07, 6.45) is 2.68. The number of carbonyl (C=O) groups excluding carboxylic acids is 1. The van der Waals surface area contributed by atoms with E-state index in [1.54, 1.807) is 0 Å². The quantitative estimate of drug-likeness (QED) is 0.821. The van der Waals surface area contributed by atoms with Gasteiger partial charge in [0, 0.05) is 30.0 Å². The van der Waals surface area contributed by atoms with Crippen LogP contribution in [0.5, 0.6) is 0 Å². The molecule has 1 aliphatic heterocycles. The Morgan fingerprint density at radius 3 is 2.47 bits per heavy atom. The molecule has 1 amide bonds. The van der Waals surface area contributed by atoms with Gasteiger partial charge in [0.1, 0.15) is 0 Å². The van der Waals surface area contributed by atoms with Crippen molar-refractivity contribution in [2.75, 3.05) is 19.6 Å². The van der Waals surface area contributed by atoms with Gasteiger partial charge in [0.05, 0.1) is 0 Å². The molecule has 0 spiro atoms. The second kappa shape index (κ2) is 7.27. The predicted molar refractivity (Wildman–Crippen MR) is 75.2 cm³/mol. The molecule has 0 aliphatic carbocycles. The van der Waals surface area contributed by atoms with Crippen LogP contribution < -0.4 is 5.73 Å². The predicted octanol–water partition coefficient (Wildman–Crippen LogP) is 2.10. The molecule has 0 saturated carbocycles. The van der Waals surface area contributed by atoms with Gasteiger partial charge in [0.2, 0.25) is 5.91 Å². The van der Waals surface area contributed by atoms with E-state index < -0.39 is 0 Å². The number of nitrogens with zero attached hydrogens (tertiary/aromatic N) is 1. The third-order valence-electron chi connectivity index (χ3n) is 3.28. The summed E-state index contributed by atoms with van der Waals surface area (Å²) in [5, 5.41) is 1.15. The Bertz CT molecular complexity index is 238. The minimum absolute atomic E-state index is 0.327. The largest absolute Gasteiger partial charge is 0.341 e. The average molecular weight is 258 g/mol. The van der Waals surface area contributed by atoms with Crippen LogP contribution in [0, 0.1) is 5.92 Å². The molecule has 0 aromatic rings. The van der Waals surface area contributed by atoms with Gasteiger partial charge in [-0.1, -0.05) is 20.8 Å². The Balaban J connectivity index is 2.31. The number of carbonyl (C=O) groups is 1. The third kappa shape index (κ3) is 5.30. The highest BCUT2D eigenvalue weighted by Gasteiger charge is 2.25. The number of hydrogen-bond acceptors (Lipinski definition) is 3. The second-order valence-electron chi connectivity index (χ2n) is 5.28. The highest BCUT2D eigenvalue weighted by molar-refractivity contribution is 8.00. The molecule has 1 aliphatic rings. The molecule has 17 heavy (non-hydrogen) atoms. The van der Waals surface area contributed by atoms with E-state index in [-0.39, 0.29) is 0 Å². The van der Waals surface area contributed by atoms with Crippen LogP contribution in [0.15, 0.2) is 0 Å². The molecule has 4 heteroatoms. The molecule has 0 bridgehead atoms. The Morgan fingerprint density at radius 1 is 1.35 bits per heavy atom. The molecular weight excluding hydrogens is 232 g/mol. The number of rotatable bonds is 5. The van der Waals surface area contributed by atoms with Crippen molar-refractivity contribution in [1.82, 2.24) is 4.90 Å². The van der Waals surface area contributed by atoms with Crippen molar-refractivity contribution in [3.05, 3.63) is 0 Å². The van der Waals surface area contributed by atoms with Crippen molar-refractivity contribution in [3.8, 4) is 0 Å². The summed E-state index contributed by atoms with van der Waals surface area (Å²) in [7, 11) is 0. The highest BCUT2D eigenvalue weighted by atomic mass is 32.2. The lowest BCUT2D eigenvalue weighted by Crippen LogP contribution is -2.44. The lowest BCUT2D eigenvalue weighted by atomic mass is 10.0. The first kappa shape index (κ1) is 14.8. The topological polar surface area (TPSA) is 46.3 Å². The molecule has 3 nitrogen and oxygen atoms in total. The van der Waals surface area contributed by atoms with Crippen molar-refractivity contribution in [3.63, 3.8) is 0 Å². The Kier molecular flexibility index (Phi) is 6.34. The number of nitrogens with two attached hydrogens (primary N) is 1. The Hall–Kier alpha value is -0.220. The van der Waals surface area contributed by atoms with Crippen LogP contribution in [0.1, 0.15) is 40.0 Å². The van der Waals surface area contributed by atoms with Crippen LogP contribution in [-0.2, 0) is 4.79 Å². The zero-order valence-electron chi connectivity index (χ0n) is 11.3. The van der Waals surface area contributed by atoms with E-state index in [0.717, 1.165) is 32.5 Å². The fourth-order valence-electron chi connectivity index (χ4n) is 2.34. The van der Waals surface area contributed by atoms with E-state index in [2.05, 4.69) is 20.8 Å². The van der Waals surface area contributed by atoms with Crippen LogP contribution in [0.2, 0.25) is 0 Å². The fraction of sp³-hybridized carbons (Fsp3) is 0.923. The second-order valence-corrected chi connectivity index (χ2v) is 7.16. The molecule has 1 rings (SSSR count). The zero-order valence-corrected chi connectivity index (χ0v) is 12.1. The van der Waals surface area contributed by atoms with Crippen molar-refractivity contribution < 1.29 is 4.79 Å². The van der Waals surface area contributed by atoms with Gasteiger partial charge in [-0.25, -0.2) is 0 Å². The first-order valence-electron chi connectivity index (χ1n) is 6.66. The van der Waals surface area contributed by atoms with E-state index in [1.807, 2.05) is 16.7 Å². The zero-order chi connectivity index (χ0) is 12.8. The van der Waals surface area contributed by atoms with E-state index >= 15 is 0 Å². The van der Waals surface area contributed by atoms with Gasteiger partial charge < -0.3 is 10.6 Å². The van der Waals surface area contributed by atoms with Crippen LogP contribution in [0.3, 0.4) is 0 Å². The summed E-state index contributed by atoms with van der Waals surface area (Å²) in [6.45, 7) is 9.15. The summed E-state index contributed by atoms with van der Waals surface area (Å²) in [5.74, 6) is 0.894. The van der Waals surface area contributed by atoms with Gasteiger partial charge in [-0.3, -0.25) is 4.79 Å². The lowest BCUT2D eigenvalue weighted by Gasteiger charge is -2.34. The van der Waals surface area contributed by atoms with Crippen molar-refractivity contribution in [2.24, 2.45) is 11.7 Å². The maximum atomic E-state index is 12.1. The minimum Gasteiger partial charge on any atom is -0.341 e. The molecule has 0 aromatic carbocycles. The maximum absolute atomic E-state index is 12.1. The molecular formula is C13H26N2OS. The molecule has 1 heterocycles. The minimum atomic E-state index is 0.327. The number of amides is 1. The third-order valence-corrected chi connectivity index (χ3v) is 4.51. The van der Waals surface area contributed by atoms with Crippen molar-refractivity contribution in [1.29, 1.82) is 0 Å². The first-order valence-corrected chi connectivity index (χ1v) is 7.60. The van der Waals surface area contributed by atoms with E-state index in [0.29, 0.717) is 28.7 Å². The molecule has 1 saturated heterocycles. The van der Waals surface area contributed by atoms with Gasteiger partial charge in [-0.15, -0.1) is 0 Å². The van der Waals surface area contributed by atoms with Gasteiger partial charge in [0.15, 0.2) is 0 Å². The molecule has 1 fully saturated rings. The standard InChI is InChI=1S/C13H26N2OS/c1-10(6-7-14)4-5-13(16)15-8-11(2)17-12(3)9-15/h10-12H,4-9,14H2,1-3H3. The normalized spacial score (nSPS) is 26.9. The van der Waals surface area contributed by atoms with Gasteiger partial charge in [-0.2, -0.15) is 11.8 Å². The van der Waals surface area contributed by atoms with E-state index in [4.69, 9.17) is 5.73 Å². The Morgan fingerprint density at radius 2 is 1.94 bits per heavy atom. The molecule has 0 aromatic heterocycles. The number of thioether (sulfide) groups is 1. The summed E-state index contributed by atoms with van der Waals surface area (Å²) < 4.78 is 0. The summed E-state index contributed by atoms with van der Waals surface area (Å²) in [5.41, 5.74) is 5.52. The summed E-state index contributed by atoms with van der Waals surface area (Å²) >= 11 is 1.98. The SMILES string of the molecule is CC(CCN)CCC(=O)N1CC(C)SC(C)C1. The smallest absolute Gasteiger partial charge is 0.222 e. The van der Waals surface area contributed by atoms with Gasteiger partial charge in [0.25, 0.3) is 0 Å². The highest BCUT2D eigenvalue weighted by Crippen LogP contribution is 2.25. The van der Waals surface area contributed by atoms with Crippen LogP contribution >= 0.6 is 11.8 Å². The van der Waals surface area contributed by atoms with Crippen molar-refractivity contribution >= 4 is 17.7 Å². The van der Waals surface area contributed by atoms with Gasteiger partial charge in [-0.05, 0) is 25.3 Å². The monoisotopic (exact) mass is 258 g/mol. The fourth-order valence-corrected chi connectivity index (χ4v) is 3.66. The molecule has 3 unspecified atom stereocenters. The van der Waals surface area contributed by atoms with Gasteiger partial charge >= 0.3 is 0 Å². The molecule has 3 atom stereocenters. The lowest BCUT2D eigenvalue weighted by molar-refractivity contribution is -0.131. The van der Waals surface area contributed by atoms with Crippen LogP contribution in [-0.4, -0.2) is 40.9 Å². The molecule has 2 N–H and O–H groups in total. The summed E-state index contributed by atoms with van der Waals surface area (Å²) in [4.78, 5) is 14.1. The van der Waals surface area contributed by atoms with Crippen LogP contribution in [0.25, 0.3) is 0 Å².